The predicted molar refractivity (Wildman–Crippen MR) is 384 cm³/mol. The van der Waals surface area contributed by atoms with Crippen molar-refractivity contribution in [1.82, 2.24) is 31.9 Å². The second-order valence-corrected chi connectivity index (χ2v) is 28.0. The molecule has 105 heavy (non-hydrogen) atoms. The van der Waals surface area contributed by atoms with Crippen LogP contribution in [0.5, 0.6) is 0 Å². The van der Waals surface area contributed by atoms with Gasteiger partial charge in [0, 0.05) is 65.9 Å². The number of anilines is 2. The van der Waals surface area contributed by atoms with Crippen LogP contribution < -0.4 is 47.9 Å². The molecule has 6 aliphatic rings. The van der Waals surface area contributed by atoms with Crippen molar-refractivity contribution in [2.24, 2.45) is 40.2 Å². The van der Waals surface area contributed by atoms with E-state index in [-0.39, 0.29) is 139 Å². The van der Waals surface area contributed by atoms with Crippen molar-refractivity contribution >= 4 is 70.5 Å². The zero-order valence-corrected chi connectivity index (χ0v) is 60.6. The SMILES string of the molecule is CCCC1O[C@@H]2CC3[C@@H]4CCC5=CC(=O)C=C[C@]5(C)C4[C@@H](O)C[C@]3(C)[C@]2(C(=O)COCNC(=O)CNC(=O)OCc2ccc(NC(=O)[C@H](CCCNC(N)=O)NC(=O)[C@@H](NC(=O)CCOCCOCCOCCOCCNC(=O)CCC(=O)N3Cc4ccccc4C#Cc4ccccc43)C(C)C)cc2)O1. The van der Waals surface area contributed by atoms with Gasteiger partial charge in [-0.25, -0.2) is 9.59 Å². The molecule has 9 amide bonds. The Morgan fingerprint density at radius 2 is 1.45 bits per heavy atom. The van der Waals surface area contributed by atoms with E-state index in [1.54, 1.807) is 55.2 Å². The first kappa shape index (κ1) is 80.2. The summed E-state index contributed by atoms with van der Waals surface area (Å²) in [5.74, 6) is 2.78. The lowest BCUT2D eigenvalue weighted by atomic mass is 9.46. The highest BCUT2D eigenvalue weighted by molar-refractivity contribution is 6.01. The standard InChI is InChI=1S/C77H101N9O19/c1-6-12-68-104-63-42-58-57-25-22-54-41-56(87)28-30-75(54,4)69(57)61(88)43-76(58,5)77(63,105-68)62(89)47-102-48-82-66(92)44-81-74(97)103-46-50-18-23-55(24-19-50)83-71(94)59(16-11-31-80-73(78)96)84-72(95)70(49(2)3)85-65(91)29-33-98-35-37-100-39-40-101-38-36-99-34-32-79-64(90)26-27-67(93)86-45-53-15-8-7-13-51(53)20-21-52-14-9-10-17-60(52)86/h7-10,13-15,17-19,23-24,28,30,41,49,57-59,61,63,68-70,88H,6,11-12,16,22,25-27,29,31-40,42-48H2,1-5H3,(H,79,90)(H,81,97)(H,82,92)(H,83,94)(H,84,95)(H,85,91)(H3,78,80,96)/t57-,58?,59-,61-,63+,68?,69?,70-,75-,76-,77+/m0/s1. The van der Waals surface area contributed by atoms with Crippen LogP contribution in [0.1, 0.15) is 128 Å². The topological polar surface area (TPSA) is 378 Å². The Labute approximate surface area is 612 Å². The van der Waals surface area contributed by atoms with Crippen LogP contribution in [0.25, 0.3) is 0 Å². The van der Waals surface area contributed by atoms with Crippen LogP contribution in [0.4, 0.5) is 21.0 Å². The minimum atomic E-state index is -1.39. The van der Waals surface area contributed by atoms with Gasteiger partial charge in [0.05, 0.1) is 77.3 Å². The van der Waals surface area contributed by atoms with Crippen LogP contribution in [0.3, 0.4) is 0 Å². The molecule has 28 heteroatoms. The number of alkyl carbamates (subject to hydrolysis) is 1. The number of rotatable bonds is 39. The molecule has 2 aliphatic heterocycles. The number of aliphatic hydroxyl groups excluding tert-OH is 1. The second kappa shape index (κ2) is 38.4. The zero-order valence-electron chi connectivity index (χ0n) is 60.6. The van der Waals surface area contributed by atoms with E-state index in [0.29, 0.717) is 69.0 Å². The molecule has 3 aromatic carbocycles. The minimum Gasteiger partial charge on any atom is -0.445 e. The number of amides is 9. The fourth-order valence-electron chi connectivity index (χ4n) is 15.4. The fraction of sp³-hybridized carbons (Fsp3) is 0.558. The Hall–Kier alpha value is -8.92. The normalized spacial score (nSPS) is 23.6. The molecule has 28 nitrogen and oxygen atoms in total. The number of nitrogens with zero attached hydrogens (tertiary/aromatic N) is 1. The van der Waals surface area contributed by atoms with E-state index in [0.717, 1.165) is 35.1 Å². The van der Waals surface area contributed by atoms with Crippen molar-refractivity contribution in [3.05, 3.63) is 119 Å². The first-order valence-corrected chi connectivity index (χ1v) is 36.4. The molecular formula is C77H101N9O19. The van der Waals surface area contributed by atoms with E-state index in [9.17, 15) is 53.1 Å². The van der Waals surface area contributed by atoms with Crippen LogP contribution in [-0.4, -0.2) is 186 Å². The average molecular weight is 1460 g/mol. The summed E-state index contributed by atoms with van der Waals surface area (Å²) in [5, 5.41) is 30.5. The molecule has 0 radical (unpaired) electrons. The Morgan fingerprint density at radius 1 is 0.752 bits per heavy atom. The molecule has 9 rings (SSSR count). The van der Waals surface area contributed by atoms with Crippen molar-refractivity contribution in [2.45, 2.75) is 155 Å². The van der Waals surface area contributed by atoms with Gasteiger partial charge < -0.3 is 90.9 Å². The number of fused-ring (bicyclic) bond motifs is 9. The first-order chi connectivity index (χ1) is 50.5. The number of hydrogen-bond donors (Lipinski definition) is 9. The lowest BCUT2D eigenvalue weighted by Gasteiger charge is -2.59. The van der Waals surface area contributed by atoms with Crippen molar-refractivity contribution in [3.63, 3.8) is 0 Å². The van der Waals surface area contributed by atoms with Crippen molar-refractivity contribution in [1.29, 1.82) is 0 Å². The van der Waals surface area contributed by atoms with Gasteiger partial charge in [-0.05, 0) is 116 Å². The van der Waals surface area contributed by atoms with Gasteiger partial charge in [0.1, 0.15) is 38.6 Å². The molecule has 568 valence electrons. The van der Waals surface area contributed by atoms with E-state index >= 15 is 0 Å². The van der Waals surface area contributed by atoms with Gasteiger partial charge in [-0.1, -0.05) is 107 Å². The van der Waals surface area contributed by atoms with Gasteiger partial charge in [-0.15, -0.1) is 0 Å². The predicted octanol–water partition coefficient (Wildman–Crippen LogP) is 5.05. The van der Waals surface area contributed by atoms with E-state index in [2.05, 4.69) is 56.0 Å². The largest absolute Gasteiger partial charge is 0.445 e. The monoisotopic (exact) mass is 1460 g/mol. The second-order valence-electron chi connectivity index (χ2n) is 28.0. The Kier molecular flexibility index (Phi) is 29.3. The lowest BCUT2D eigenvalue weighted by molar-refractivity contribution is -0.201. The maximum Gasteiger partial charge on any atom is 0.407 e. The highest BCUT2D eigenvalue weighted by atomic mass is 16.7. The Bertz CT molecular complexity index is 3710. The van der Waals surface area contributed by atoms with Gasteiger partial charge in [0.25, 0.3) is 0 Å². The van der Waals surface area contributed by atoms with E-state index in [1.165, 1.54) is 0 Å². The summed E-state index contributed by atoms with van der Waals surface area (Å²) >= 11 is 0. The van der Waals surface area contributed by atoms with Crippen LogP contribution in [0.2, 0.25) is 0 Å². The molecule has 0 spiro atoms. The maximum absolute atomic E-state index is 14.6. The molecule has 3 unspecified atom stereocenters. The number of primary amides is 1. The van der Waals surface area contributed by atoms with Gasteiger partial charge in [-0.2, -0.15) is 0 Å². The van der Waals surface area contributed by atoms with Crippen LogP contribution in [0, 0.1) is 46.3 Å². The van der Waals surface area contributed by atoms with Gasteiger partial charge in [0.2, 0.25) is 35.4 Å². The molecule has 1 saturated heterocycles. The summed E-state index contributed by atoms with van der Waals surface area (Å²) < 4.78 is 46.6. The Morgan fingerprint density at radius 3 is 2.17 bits per heavy atom. The molecule has 3 aromatic rings. The number of allylic oxidation sites excluding steroid dienone is 4. The lowest BCUT2D eigenvalue weighted by Crippen LogP contribution is -2.63. The molecule has 0 bridgehead atoms. The van der Waals surface area contributed by atoms with Crippen LogP contribution in [-0.2, 0) is 89.4 Å². The van der Waals surface area contributed by atoms with E-state index < -0.39 is 95.9 Å². The molecule has 3 saturated carbocycles. The summed E-state index contributed by atoms with van der Waals surface area (Å²) in [6.07, 6.45) is 6.41. The number of carbonyl (C=O) groups is 10. The third-order valence-electron chi connectivity index (χ3n) is 20.6. The summed E-state index contributed by atoms with van der Waals surface area (Å²) in [4.78, 5) is 132. The van der Waals surface area contributed by atoms with Gasteiger partial charge >= 0.3 is 12.1 Å². The molecule has 2 heterocycles. The number of benzene rings is 3. The molecular weight excluding hydrogens is 1350 g/mol. The number of ether oxygens (including phenoxy) is 8. The van der Waals surface area contributed by atoms with Crippen molar-refractivity contribution in [2.75, 3.05) is 96.0 Å². The number of para-hydroxylation sites is 1. The third kappa shape index (κ3) is 21.0. The summed E-state index contributed by atoms with van der Waals surface area (Å²) in [5.41, 5.74) is 7.72. The van der Waals surface area contributed by atoms with Gasteiger partial charge in [-0.3, -0.25) is 38.4 Å². The van der Waals surface area contributed by atoms with Crippen molar-refractivity contribution < 1.29 is 90.9 Å². The fourth-order valence-corrected chi connectivity index (χ4v) is 15.4. The molecule has 4 fully saturated rings. The summed E-state index contributed by atoms with van der Waals surface area (Å²) in [7, 11) is 0. The number of aliphatic hydroxyl groups is 1. The molecule has 0 aromatic heterocycles. The van der Waals surface area contributed by atoms with E-state index in [1.807, 2.05) is 68.5 Å². The first-order valence-electron chi connectivity index (χ1n) is 36.4. The number of nitrogens with one attached hydrogen (secondary N) is 7. The quantitative estimate of drug-likeness (QED) is 0.0205. The summed E-state index contributed by atoms with van der Waals surface area (Å²) in [6.45, 7) is 10.8. The van der Waals surface area contributed by atoms with Crippen LogP contribution in [0.15, 0.2) is 96.6 Å². The zero-order chi connectivity index (χ0) is 75.1. The summed E-state index contributed by atoms with van der Waals surface area (Å²) in [6, 6.07) is 18.6. The van der Waals surface area contributed by atoms with Crippen LogP contribution >= 0.6 is 0 Å². The number of urea groups is 1. The number of carbonyl (C=O) groups excluding carboxylic acids is 10. The number of Topliss-reactive ketones (excluding diaryl/α,β-unsaturated/α-hetero) is 1. The number of ketones is 2. The average Bonchev–Trinajstić information content (AvgIpc) is 1.50. The molecule has 4 aliphatic carbocycles. The highest BCUT2D eigenvalue weighted by Gasteiger charge is 2.76. The number of nitrogens with two attached hydrogens (primary N) is 1. The smallest absolute Gasteiger partial charge is 0.407 e. The Balaban J connectivity index is 0.611. The van der Waals surface area contributed by atoms with Crippen molar-refractivity contribution in [3.8, 4) is 11.8 Å². The number of hydrogen-bond acceptors (Lipinski definition) is 19. The molecule has 11 atom stereocenters. The van der Waals surface area contributed by atoms with E-state index in [4.69, 9.17) is 43.6 Å². The maximum atomic E-state index is 14.6. The third-order valence-corrected chi connectivity index (χ3v) is 20.6. The van der Waals surface area contributed by atoms with Gasteiger partial charge in [0.15, 0.2) is 23.5 Å². The molecule has 10 N–H and O–H groups in total. The minimum absolute atomic E-state index is 0.0167. The highest BCUT2D eigenvalue weighted by Crippen LogP contribution is 2.70.